The number of ether oxygens (including phenoxy) is 1. The van der Waals surface area contributed by atoms with Crippen LogP contribution in [-0.4, -0.2) is 34.1 Å². The zero-order chi connectivity index (χ0) is 17.3. The van der Waals surface area contributed by atoms with Crippen molar-refractivity contribution in [3.05, 3.63) is 0 Å². The molecule has 0 aromatic rings. The van der Waals surface area contributed by atoms with Gasteiger partial charge in [-0.05, 0) is 40.0 Å². The van der Waals surface area contributed by atoms with Gasteiger partial charge in [0.15, 0.2) is 0 Å². The van der Waals surface area contributed by atoms with Gasteiger partial charge in [-0.1, -0.05) is 48.5 Å². The molecule has 3 nitrogen and oxygen atoms in total. The molecule has 1 aliphatic heterocycles. The molecule has 1 heterocycles. The standard InChI is InChI=1S/C14H29NO2.2C2H6/c1-7-13(5)10-12(17-9-3)11(4)14(6,8-2)15(13)16;2*1-2/h11-12,16H,7-10H2,1-6H3;2*1-2H3. The molecule has 1 rings (SSSR count). The van der Waals surface area contributed by atoms with Gasteiger partial charge in [-0.15, -0.1) is 0 Å². The third-order valence-electron chi connectivity index (χ3n) is 5.03. The van der Waals surface area contributed by atoms with Crippen LogP contribution >= 0.6 is 0 Å². The van der Waals surface area contributed by atoms with Gasteiger partial charge in [0.05, 0.1) is 6.10 Å². The van der Waals surface area contributed by atoms with Gasteiger partial charge >= 0.3 is 0 Å². The number of rotatable bonds is 4. The van der Waals surface area contributed by atoms with Crippen LogP contribution in [0, 0.1) is 5.92 Å². The average Bonchev–Trinajstić information content (AvgIpc) is 2.54. The topological polar surface area (TPSA) is 32.7 Å². The summed E-state index contributed by atoms with van der Waals surface area (Å²) >= 11 is 0. The highest BCUT2D eigenvalue weighted by Gasteiger charge is 2.52. The van der Waals surface area contributed by atoms with Crippen molar-refractivity contribution >= 4 is 0 Å². The lowest BCUT2D eigenvalue weighted by molar-refractivity contribution is -0.291. The van der Waals surface area contributed by atoms with Gasteiger partial charge in [0.1, 0.15) is 0 Å². The van der Waals surface area contributed by atoms with E-state index in [0.717, 1.165) is 25.9 Å². The minimum absolute atomic E-state index is 0.170. The first-order valence-corrected chi connectivity index (χ1v) is 8.96. The molecule has 0 aromatic heterocycles. The normalized spacial score (nSPS) is 36.1. The first-order chi connectivity index (χ1) is 9.85. The summed E-state index contributed by atoms with van der Waals surface area (Å²) in [6.45, 7) is 21.6. The summed E-state index contributed by atoms with van der Waals surface area (Å²) in [7, 11) is 0. The Kier molecular flexibility index (Phi) is 11.7. The van der Waals surface area contributed by atoms with Crippen molar-refractivity contribution in [2.75, 3.05) is 6.61 Å². The highest BCUT2D eigenvalue weighted by atomic mass is 16.5. The predicted molar refractivity (Wildman–Crippen MR) is 92.9 cm³/mol. The molecule has 21 heavy (non-hydrogen) atoms. The van der Waals surface area contributed by atoms with Crippen LogP contribution in [0.5, 0.6) is 0 Å². The van der Waals surface area contributed by atoms with Gasteiger partial charge in [-0.2, -0.15) is 5.06 Å². The molecule has 3 heteroatoms. The van der Waals surface area contributed by atoms with E-state index in [1.807, 2.05) is 34.6 Å². The largest absolute Gasteiger partial charge is 0.378 e. The number of hydroxylamine groups is 2. The van der Waals surface area contributed by atoms with Crippen molar-refractivity contribution in [3.63, 3.8) is 0 Å². The van der Waals surface area contributed by atoms with Gasteiger partial charge < -0.3 is 9.94 Å². The maximum Gasteiger partial charge on any atom is 0.0637 e. The zero-order valence-electron chi connectivity index (χ0n) is 16.3. The smallest absolute Gasteiger partial charge is 0.0637 e. The van der Waals surface area contributed by atoms with Crippen LogP contribution in [0.3, 0.4) is 0 Å². The van der Waals surface area contributed by atoms with E-state index >= 15 is 0 Å². The van der Waals surface area contributed by atoms with Crippen LogP contribution in [0.2, 0.25) is 0 Å². The lowest BCUT2D eigenvalue weighted by atomic mass is 9.69. The molecule has 4 atom stereocenters. The second kappa shape index (κ2) is 10.6. The second-order valence-electron chi connectivity index (χ2n) is 5.86. The molecular weight excluding hydrogens is 262 g/mol. The van der Waals surface area contributed by atoms with Crippen molar-refractivity contribution in [1.29, 1.82) is 0 Å². The van der Waals surface area contributed by atoms with Crippen LogP contribution in [0.25, 0.3) is 0 Å². The quantitative estimate of drug-likeness (QED) is 0.743. The number of hydrogen-bond donors (Lipinski definition) is 1. The number of piperidine rings is 1. The van der Waals surface area contributed by atoms with E-state index in [4.69, 9.17) is 4.74 Å². The number of nitrogens with zero attached hydrogens (tertiary/aromatic N) is 1. The Morgan fingerprint density at radius 1 is 1.05 bits per heavy atom. The van der Waals surface area contributed by atoms with E-state index in [-0.39, 0.29) is 17.2 Å². The molecule has 0 aromatic carbocycles. The summed E-state index contributed by atoms with van der Waals surface area (Å²) < 4.78 is 5.90. The van der Waals surface area contributed by atoms with E-state index in [1.165, 1.54) is 0 Å². The van der Waals surface area contributed by atoms with Gasteiger partial charge in [-0.25, -0.2) is 0 Å². The third-order valence-corrected chi connectivity index (χ3v) is 5.03. The maximum atomic E-state index is 10.6. The van der Waals surface area contributed by atoms with E-state index in [0.29, 0.717) is 5.92 Å². The van der Waals surface area contributed by atoms with Crippen LogP contribution in [0.1, 0.15) is 88.5 Å². The lowest BCUT2D eigenvalue weighted by Gasteiger charge is -2.57. The summed E-state index contributed by atoms with van der Waals surface area (Å²) in [4.78, 5) is 0. The average molecular weight is 304 g/mol. The van der Waals surface area contributed by atoms with Gasteiger partial charge in [-0.3, -0.25) is 0 Å². The fraction of sp³-hybridized carbons (Fsp3) is 1.00. The van der Waals surface area contributed by atoms with Crippen LogP contribution in [0.15, 0.2) is 0 Å². The number of hydrogen-bond acceptors (Lipinski definition) is 3. The summed E-state index contributed by atoms with van der Waals surface area (Å²) in [5.41, 5.74) is -0.361. The van der Waals surface area contributed by atoms with Crippen molar-refractivity contribution in [2.45, 2.75) is 106 Å². The van der Waals surface area contributed by atoms with Crippen molar-refractivity contribution in [2.24, 2.45) is 5.92 Å². The predicted octanol–water partition coefficient (Wildman–Crippen LogP) is 5.51. The van der Waals surface area contributed by atoms with E-state index in [9.17, 15) is 5.21 Å². The highest BCUT2D eigenvalue weighted by Crippen LogP contribution is 2.45. The molecule has 1 saturated heterocycles. The summed E-state index contributed by atoms with van der Waals surface area (Å²) in [6, 6.07) is 0. The van der Waals surface area contributed by atoms with Crippen molar-refractivity contribution in [3.8, 4) is 0 Å². The van der Waals surface area contributed by atoms with Crippen LogP contribution in [0.4, 0.5) is 0 Å². The lowest BCUT2D eigenvalue weighted by Crippen LogP contribution is -2.66. The minimum atomic E-state index is -0.192. The molecule has 130 valence electrons. The van der Waals surface area contributed by atoms with E-state index in [2.05, 4.69) is 34.6 Å². The second-order valence-corrected chi connectivity index (χ2v) is 5.86. The molecule has 4 unspecified atom stereocenters. The van der Waals surface area contributed by atoms with Gasteiger partial charge in [0.25, 0.3) is 0 Å². The molecule has 0 aliphatic carbocycles. The molecule has 1 aliphatic rings. The highest BCUT2D eigenvalue weighted by molar-refractivity contribution is 5.03. The summed E-state index contributed by atoms with van der Waals surface area (Å²) in [6.07, 6.45) is 3.03. The molecule has 0 radical (unpaired) electrons. The SMILES string of the molecule is CC.CC.CCOC1CC(C)(CC)N(O)C(C)(CC)C1C. The first kappa shape index (κ1) is 23.2. The van der Waals surface area contributed by atoms with Crippen LogP contribution < -0.4 is 0 Å². The van der Waals surface area contributed by atoms with Gasteiger partial charge in [0.2, 0.25) is 0 Å². The Hall–Kier alpha value is -0.120. The van der Waals surface area contributed by atoms with E-state index in [1.54, 1.807) is 5.06 Å². The molecule has 1 fully saturated rings. The summed E-state index contributed by atoms with van der Waals surface area (Å²) in [5.74, 6) is 0.345. The Balaban J connectivity index is 0. The monoisotopic (exact) mass is 303 g/mol. The molecule has 1 N–H and O–H groups in total. The van der Waals surface area contributed by atoms with Crippen LogP contribution in [-0.2, 0) is 4.74 Å². The van der Waals surface area contributed by atoms with Crippen molar-refractivity contribution in [1.82, 2.24) is 5.06 Å². The Morgan fingerprint density at radius 3 is 1.86 bits per heavy atom. The Bertz CT molecular complexity index is 260. The molecule has 0 amide bonds. The zero-order valence-corrected chi connectivity index (χ0v) is 16.3. The van der Waals surface area contributed by atoms with Crippen molar-refractivity contribution < 1.29 is 9.94 Å². The Morgan fingerprint density at radius 2 is 1.52 bits per heavy atom. The fourth-order valence-corrected chi connectivity index (χ4v) is 3.09. The van der Waals surface area contributed by atoms with E-state index < -0.39 is 0 Å². The maximum absolute atomic E-state index is 10.6. The Labute approximate surface area is 134 Å². The summed E-state index contributed by atoms with van der Waals surface area (Å²) in [5, 5.41) is 12.2. The molecule has 0 bridgehead atoms. The third kappa shape index (κ3) is 4.94. The molecule has 0 saturated carbocycles. The first-order valence-electron chi connectivity index (χ1n) is 8.96. The molecule has 0 spiro atoms. The fourth-order valence-electron chi connectivity index (χ4n) is 3.09. The van der Waals surface area contributed by atoms with Gasteiger partial charge in [0, 0.05) is 23.6 Å². The molecular formula is C18H41NO2. The minimum Gasteiger partial charge on any atom is -0.378 e.